The lowest BCUT2D eigenvalue weighted by atomic mass is 9.54. The van der Waals surface area contributed by atoms with Crippen LogP contribution in [0.3, 0.4) is 0 Å². The van der Waals surface area contributed by atoms with Crippen LogP contribution in [-0.2, 0) is 19.6 Å². The summed E-state index contributed by atoms with van der Waals surface area (Å²) >= 11 is 0. The van der Waals surface area contributed by atoms with E-state index in [4.69, 9.17) is 4.74 Å². The number of H-pyrrole nitrogens is 1. The lowest BCUT2D eigenvalue weighted by molar-refractivity contribution is -0.138. The number of pyridine rings is 1. The zero-order chi connectivity index (χ0) is 35.6. The maximum atomic E-state index is 13.8. The average Bonchev–Trinajstić information content (AvgIpc) is 3.80. The van der Waals surface area contributed by atoms with Gasteiger partial charge >= 0.3 is 0 Å². The molecular weight excluding hydrogens is 639 g/mol. The SMILES string of the molecule is CBC(C)(C)c1cc(-c2n[nH]c3ccc(NC(=O)[C@]4(OC)CCN(CC(=O)N5CC=C(c6ccc(-c7ncccn7)cc6)CC5)C4)cc23)ccn1. The first kappa shape index (κ1) is 34.3. The smallest absolute Gasteiger partial charge is 0.258 e. The molecule has 2 N–H and O–H groups in total. The van der Waals surface area contributed by atoms with Gasteiger partial charge in [-0.15, -0.1) is 0 Å². The molecule has 2 aliphatic heterocycles. The summed E-state index contributed by atoms with van der Waals surface area (Å²) in [7, 11) is 2.53. The van der Waals surface area contributed by atoms with Gasteiger partial charge in [-0.2, -0.15) is 5.10 Å². The van der Waals surface area contributed by atoms with Crippen molar-refractivity contribution in [1.82, 2.24) is 34.9 Å². The number of nitrogens with zero attached hydrogens (tertiary/aromatic N) is 6. The van der Waals surface area contributed by atoms with E-state index in [0.29, 0.717) is 44.1 Å². The number of anilines is 1. The molecule has 0 bridgehead atoms. The Morgan fingerprint density at radius 3 is 2.49 bits per heavy atom. The number of benzene rings is 2. The van der Waals surface area contributed by atoms with Gasteiger partial charge in [-0.1, -0.05) is 51.0 Å². The Kier molecular flexibility index (Phi) is 9.54. The van der Waals surface area contributed by atoms with E-state index in [0.717, 1.165) is 52.7 Å². The molecule has 0 spiro atoms. The molecule has 1 saturated heterocycles. The fourth-order valence-corrected chi connectivity index (χ4v) is 6.85. The van der Waals surface area contributed by atoms with Crippen molar-refractivity contribution >= 4 is 41.3 Å². The van der Waals surface area contributed by atoms with Gasteiger partial charge in [-0.3, -0.25) is 24.6 Å². The van der Waals surface area contributed by atoms with Gasteiger partial charge in [0.15, 0.2) is 11.4 Å². The summed E-state index contributed by atoms with van der Waals surface area (Å²) in [5.41, 5.74) is 6.59. The molecule has 0 radical (unpaired) electrons. The molecule has 12 heteroatoms. The zero-order valence-electron chi connectivity index (χ0n) is 29.6. The van der Waals surface area contributed by atoms with Gasteiger partial charge < -0.3 is 15.0 Å². The first-order chi connectivity index (χ1) is 24.7. The van der Waals surface area contributed by atoms with Crippen LogP contribution in [-0.4, -0.2) is 99.5 Å². The molecule has 0 saturated carbocycles. The maximum absolute atomic E-state index is 13.8. The fourth-order valence-electron chi connectivity index (χ4n) is 6.85. The van der Waals surface area contributed by atoms with Crippen molar-refractivity contribution in [2.75, 3.05) is 45.2 Å². The van der Waals surface area contributed by atoms with E-state index in [1.54, 1.807) is 25.6 Å². The Morgan fingerprint density at radius 2 is 1.76 bits per heavy atom. The number of rotatable bonds is 10. The van der Waals surface area contributed by atoms with Gasteiger partial charge in [0.25, 0.3) is 5.91 Å². The van der Waals surface area contributed by atoms with E-state index in [-0.39, 0.29) is 23.7 Å². The summed E-state index contributed by atoms with van der Waals surface area (Å²) in [5.74, 6) is 0.524. The Morgan fingerprint density at radius 1 is 0.980 bits per heavy atom. The van der Waals surface area contributed by atoms with Crippen LogP contribution in [0.5, 0.6) is 0 Å². The van der Waals surface area contributed by atoms with Gasteiger partial charge in [0.05, 0.1) is 12.1 Å². The predicted molar refractivity (Wildman–Crippen MR) is 201 cm³/mol. The van der Waals surface area contributed by atoms with Crippen LogP contribution in [0, 0.1) is 0 Å². The number of ether oxygens (including phenoxy) is 1. The van der Waals surface area contributed by atoms with Crippen molar-refractivity contribution in [2.24, 2.45) is 0 Å². The Labute approximate surface area is 298 Å². The summed E-state index contributed by atoms with van der Waals surface area (Å²) in [6.45, 7) is 8.89. The highest BCUT2D eigenvalue weighted by atomic mass is 16.5. The molecule has 3 aromatic heterocycles. The second-order valence-electron chi connectivity index (χ2n) is 14.1. The number of fused-ring (bicyclic) bond motifs is 1. The van der Waals surface area contributed by atoms with Crippen molar-refractivity contribution in [3.8, 4) is 22.6 Å². The van der Waals surface area contributed by atoms with Crippen molar-refractivity contribution in [2.45, 2.75) is 44.4 Å². The second-order valence-corrected chi connectivity index (χ2v) is 14.1. The van der Waals surface area contributed by atoms with Crippen molar-refractivity contribution in [3.63, 3.8) is 0 Å². The van der Waals surface area contributed by atoms with Gasteiger partial charge in [0, 0.05) is 79.8 Å². The second kappa shape index (κ2) is 14.2. The molecule has 2 amide bonds. The zero-order valence-corrected chi connectivity index (χ0v) is 29.6. The van der Waals surface area contributed by atoms with E-state index in [9.17, 15) is 9.59 Å². The molecule has 1 fully saturated rings. The summed E-state index contributed by atoms with van der Waals surface area (Å²) < 4.78 is 5.89. The molecule has 2 aliphatic rings. The fraction of sp³-hybridized carbons (Fsp3) is 0.333. The Balaban J connectivity index is 0.973. The molecule has 5 heterocycles. The molecule has 5 aromatic rings. The molecule has 7 rings (SSSR count). The minimum atomic E-state index is -1.06. The van der Waals surface area contributed by atoms with E-state index in [2.05, 4.69) is 75.4 Å². The number of aromatic nitrogens is 5. The minimum Gasteiger partial charge on any atom is -0.367 e. The van der Waals surface area contributed by atoms with Crippen molar-refractivity contribution < 1.29 is 14.3 Å². The Bertz CT molecular complexity index is 2080. The molecule has 2 aromatic carbocycles. The number of aromatic amines is 1. The van der Waals surface area contributed by atoms with E-state index in [1.807, 2.05) is 52.4 Å². The number of amides is 2. The van der Waals surface area contributed by atoms with Crippen LogP contribution >= 0.6 is 0 Å². The number of carbonyl (C=O) groups excluding carboxylic acids is 2. The van der Waals surface area contributed by atoms with Gasteiger partial charge in [0.1, 0.15) is 13.0 Å². The molecule has 0 aliphatic carbocycles. The highest BCUT2D eigenvalue weighted by molar-refractivity contribution is 6.38. The summed E-state index contributed by atoms with van der Waals surface area (Å²) in [6, 6.07) is 19.8. The third-order valence-corrected chi connectivity index (χ3v) is 10.5. The first-order valence-electron chi connectivity index (χ1n) is 17.6. The average molecular weight is 683 g/mol. The third kappa shape index (κ3) is 7.06. The van der Waals surface area contributed by atoms with Crippen LogP contribution in [0.1, 0.15) is 37.9 Å². The van der Waals surface area contributed by atoms with Crippen LogP contribution < -0.4 is 5.32 Å². The minimum absolute atomic E-state index is 0.0497. The predicted octanol–water partition coefficient (Wildman–Crippen LogP) is 5.15. The van der Waals surface area contributed by atoms with Gasteiger partial charge in [-0.25, -0.2) is 9.97 Å². The first-order valence-corrected chi connectivity index (χ1v) is 17.6. The van der Waals surface area contributed by atoms with E-state index >= 15 is 0 Å². The van der Waals surface area contributed by atoms with Crippen LogP contribution in [0.25, 0.3) is 39.1 Å². The molecule has 260 valence electrons. The summed E-state index contributed by atoms with van der Waals surface area (Å²) in [5, 5.41) is 11.7. The molecule has 11 nitrogen and oxygen atoms in total. The largest absolute Gasteiger partial charge is 0.367 e. The standard InChI is InChI=1S/C39H43BN8O3/c1-38(2,40-3)33-22-29(12-18-41-33)35-31-23-30(10-11-32(31)45-46-35)44-37(50)39(51-4)15-21-47(25-39)24-34(49)48-19-13-27(14-20-48)26-6-8-28(9-7-26)36-42-16-5-17-43-36/h5-13,16-18,22-23,40H,14-15,19-21,24-25H2,1-4H3,(H,44,50)(H,45,46)/t39-/m0/s1. The van der Waals surface area contributed by atoms with Gasteiger partial charge in [0.2, 0.25) is 5.91 Å². The third-order valence-electron chi connectivity index (χ3n) is 10.5. The molecule has 51 heavy (non-hydrogen) atoms. The normalized spacial score (nSPS) is 18.1. The number of hydrogen-bond acceptors (Lipinski definition) is 8. The number of methoxy groups -OCH3 is 1. The van der Waals surface area contributed by atoms with Gasteiger partial charge in [-0.05, 0) is 65.7 Å². The quantitative estimate of drug-likeness (QED) is 0.194. The number of nitrogens with one attached hydrogen (secondary N) is 2. The molecule has 1 atom stereocenters. The highest BCUT2D eigenvalue weighted by Crippen LogP contribution is 2.33. The lowest BCUT2D eigenvalue weighted by Crippen LogP contribution is -2.48. The van der Waals surface area contributed by atoms with Crippen molar-refractivity contribution in [3.05, 3.63) is 96.6 Å². The topological polar surface area (TPSA) is 129 Å². The van der Waals surface area contributed by atoms with Crippen LogP contribution in [0.2, 0.25) is 6.82 Å². The monoisotopic (exact) mass is 682 g/mol. The van der Waals surface area contributed by atoms with Crippen LogP contribution in [0.15, 0.2) is 85.3 Å². The highest BCUT2D eigenvalue weighted by Gasteiger charge is 2.45. The number of carbonyl (C=O) groups is 2. The maximum Gasteiger partial charge on any atom is 0.258 e. The number of hydrogen-bond donors (Lipinski definition) is 2. The summed E-state index contributed by atoms with van der Waals surface area (Å²) in [4.78, 5) is 44.4. The molecule has 0 unspecified atom stereocenters. The number of likely N-dealkylation sites (tertiary alicyclic amines) is 1. The van der Waals surface area contributed by atoms with E-state index in [1.165, 1.54) is 5.57 Å². The van der Waals surface area contributed by atoms with Crippen molar-refractivity contribution in [1.29, 1.82) is 0 Å². The lowest BCUT2D eigenvalue weighted by Gasteiger charge is -2.30. The molecular formula is C39H43BN8O3. The Hall–Kier alpha value is -5.20. The summed E-state index contributed by atoms with van der Waals surface area (Å²) in [6.07, 6.45) is 8.71. The van der Waals surface area contributed by atoms with E-state index < -0.39 is 5.60 Å². The van der Waals surface area contributed by atoms with Crippen LogP contribution in [0.4, 0.5) is 5.69 Å².